The molecule has 0 bridgehead atoms. The fourth-order valence-corrected chi connectivity index (χ4v) is 6.05. The number of carbonyl (C=O) groups is 1. The largest absolute Gasteiger partial charge is 0.486 e. The predicted molar refractivity (Wildman–Crippen MR) is 154 cm³/mol. The van der Waals surface area contributed by atoms with E-state index in [2.05, 4.69) is 25.7 Å². The van der Waals surface area contributed by atoms with Gasteiger partial charge in [-0.15, -0.1) is 0 Å². The summed E-state index contributed by atoms with van der Waals surface area (Å²) in [5, 5.41) is 22.0. The average Bonchev–Trinajstić information content (AvgIpc) is 2.94. The third-order valence-electron chi connectivity index (χ3n) is 8.13. The highest BCUT2D eigenvalue weighted by molar-refractivity contribution is 5.81. The molecule has 0 saturated carbocycles. The maximum absolute atomic E-state index is 12.8. The molecule has 11 heteroatoms. The Labute approximate surface area is 238 Å². The molecular weight excluding hydrogens is 528 g/mol. The minimum absolute atomic E-state index is 0.0169. The number of nitro benzene ring substituents is 1. The zero-order valence-corrected chi connectivity index (χ0v) is 23.6. The first-order valence-electron chi connectivity index (χ1n) is 13.9. The number of piperidine rings is 1. The minimum Gasteiger partial charge on any atom is -0.486 e. The van der Waals surface area contributed by atoms with Gasteiger partial charge >= 0.3 is 6.09 Å². The molecule has 3 aromatic rings. The molecule has 2 aromatic carbocycles. The van der Waals surface area contributed by atoms with E-state index in [0.29, 0.717) is 68.1 Å². The number of carboxylic acid groups (broad SMARTS) is 1. The quantitative estimate of drug-likeness (QED) is 0.322. The summed E-state index contributed by atoms with van der Waals surface area (Å²) < 4.78 is 13.0. The van der Waals surface area contributed by atoms with Crippen LogP contribution in [0, 0.1) is 15.5 Å². The molecule has 2 aliphatic rings. The summed E-state index contributed by atoms with van der Waals surface area (Å²) in [4.78, 5) is 39.9. The second-order valence-corrected chi connectivity index (χ2v) is 11.8. The topological polar surface area (TPSA) is 127 Å². The van der Waals surface area contributed by atoms with E-state index in [9.17, 15) is 24.8 Å². The molecule has 11 nitrogen and oxygen atoms in total. The first-order chi connectivity index (χ1) is 19.5. The van der Waals surface area contributed by atoms with Crippen molar-refractivity contribution in [1.82, 2.24) is 14.4 Å². The Morgan fingerprint density at radius 1 is 1.07 bits per heavy atom. The van der Waals surface area contributed by atoms with Gasteiger partial charge in [-0.2, -0.15) is 0 Å². The van der Waals surface area contributed by atoms with Gasteiger partial charge in [0.15, 0.2) is 11.5 Å². The molecule has 3 heterocycles. The molecule has 0 spiro atoms. The maximum Gasteiger partial charge on any atom is 0.407 e. The number of likely N-dealkylation sites (tertiary alicyclic amines) is 1. The maximum atomic E-state index is 12.8. The highest BCUT2D eigenvalue weighted by atomic mass is 16.6. The van der Waals surface area contributed by atoms with Crippen LogP contribution in [-0.2, 0) is 13.1 Å². The van der Waals surface area contributed by atoms with Crippen molar-refractivity contribution in [3.63, 3.8) is 0 Å². The normalized spacial score (nSPS) is 19.2. The molecule has 0 aliphatic carbocycles. The fraction of sp³-hybridized carbons (Fsp3) is 0.467. The van der Waals surface area contributed by atoms with Gasteiger partial charge in [0.05, 0.1) is 10.4 Å². The molecule has 2 unspecified atom stereocenters. The first-order valence-corrected chi connectivity index (χ1v) is 13.9. The van der Waals surface area contributed by atoms with E-state index in [1.54, 1.807) is 16.7 Å². The molecule has 41 heavy (non-hydrogen) atoms. The lowest BCUT2D eigenvalue weighted by atomic mass is 9.78. The van der Waals surface area contributed by atoms with Crippen molar-refractivity contribution in [3.05, 3.63) is 74.6 Å². The van der Waals surface area contributed by atoms with Gasteiger partial charge in [-0.05, 0) is 48.1 Å². The molecule has 2 aliphatic heterocycles. The molecule has 1 N–H and O–H groups in total. The summed E-state index contributed by atoms with van der Waals surface area (Å²) in [6, 6.07) is 13.1. The van der Waals surface area contributed by atoms with Crippen molar-refractivity contribution in [2.24, 2.45) is 5.41 Å². The highest BCUT2D eigenvalue weighted by Crippen LogP contribution is 2.36. The second kappa shape index (κ2) is 11.4. The van der Waals surface area contributed by atoms with Crippen molar-refractivity contribution >= 4 is 22.7 Å². The molecule has 218 valence electrons. The van der Waals surface area contributed by atoms with Gasteiger partial charge in [0.1, 0.15) is 13.2 Å². The van der Waals surface area contributed by atoms with Crippen LogP contribution in [0.25, 0.3) is 10.9 Å². The van der Waals surface area contributed by atoms with E-state index in [1.807, 2.05) is 18.2 Å². The van der Waals surface area contributed by atoms with Crippen LogP contribution < -0.4 is 15.0 Å². The van der Waals surface area contributed by atoms with E-state index in [4.69, 9.17) is 9.47 Å². The summed E-state index contributed by atoms with van der Waals surface area (Å²) in [6.07, 6.45) is 0.374. The van der Waals surface area contributed by atoms with Crippen LogP contribution in [0.2, 0.25) is 0 Å². The summed E-state index contributed by atoms with van der Waals surface area (Å²) in [5.41, 5.74) is 1.19. The monoisotopic (exact) mass is 564 g/mol. The van der Waals surface area contributed by atoms with Crippen molar-refractivity contribution in [2.45, 2.75) is 58.8 Å². The number of benzene rings is 2. The molecule has 0 radical (unpaired) electrons. The van der Waals surface area contributed by atoms with E-state index in [1.165, 1.54) is 23.1 Å². The Morgan fingerprint density at radius 3 is 2.54 bits per heavy atom. The SMILES string of the molecule is CC(C)(C)C1CC(N(Cc2ccc3c(c2)OCCO3)C(=O)O)CCN1CCn1c(=O)ccc2cc([N+](=O)[O-])ccc21. The third-order valence-corrected chi connectivity index (χ3v) is 8.13. The van der Waals surface area contributed by atoms with Crippen LogP contribution in [-0.4, -0.2) is 68.9 Å². The van der Waals surface area contributed by atoms with Crippen LogP contribution >= 0.6 is 0 Å². The van der Waals surface area contributed by atoms with Crippen LogP contribution in [0.15, 0.2) is 53.3 Å². The van der Waals surface area contributed by atoms with Gasteiger partial charge in [0, 0.05) is 61.8 Å². The first kappa shape index (κ1) is 28.4. The Balaban J connectivity index is 1.33. The number of fused-ring (bicyclic) bond motifs is 2. The van der Waals surface area contributed by atoms with Gasteiger partial charge in [0.2, 0.25) is 0 Å². The van der Waals surface area contributed by atoms with E-state index >= 15 is 0 Å². The predicted octanol–water partition coefficient (Wildman–Crippen LogP) is 4.74. The average molecular weight is 565 g/mol. The van der Waals surface area contributed by atoms with Crippen molar-refractivity contribution in [2.75, 3.05) is 26.3 Å². The molecular formula is C30H36N4O7. The van der Waals surface area contributed by atoms with Crippen LogP contribution in [0.1, 0.15) is 39.2 Å². The van der Waals surface area contributed by atoms with Crippen LogP contribution in [0.3, 0.4) is 0 Å². The zero-order valence-electron chi connectivity index (χ0n) is 23.6. The number of hydrogen-bond acceptors (Lipinski definition) is 7. The van der Waals surface area contributed by atoms with Gasteiger partial charge < -0.3 is 24.0 Å². The van der Waals surface area contributed by atoms with Crippen molar-refractivity contribution in [1.29, 1.82) is 0 Å². The number of hydrogen-bond donors (Lipinski definition) is 1. The second-order valence-electron chi connectivity index (χ2n) is 11.8. The summed E-state index contributed by atoms with van der Waals surface area (Å²) in [5.74, 6) is 1.31. The van der Waals surface area contributed by atoms with Gasteiger partial charge in [-0.1, -0.05) is 26.8 Å². The summed E-state index contributed by atoms with van der Waals surface area (Å²) in [7, 11) is 0. The molecule has 1 aromatic heterocycles. The number of nitro groups is 1. The van der Waals surface area contributed by atoms with Crippen molar-refractivity contribution < 1.29 is 24.3 Å². The number of pyridine rings is 1. The Hall–Kier alpha value is -4.12. The van der Waals surface area contributed by atoms with Crippen LogP contribution in [0.5, 0.6) is 11.5 Å². The number of non-ortho nitro benzene ring substituents is 1. The Bertz CT molecular complexity index is 1510. The minimum atomic E-state index is -0.956. The molecule has 1 amide bonds. The number of rotatable bonds is 7. The number of nitrogens with zero attached hydrogens (tertiary/aromatic N) is 4. The fourth-order valence-electron chi connectivity index (χ4n) is 6.05. The number of amides is 1. The Morgan fingerprint density at radius 2 is 1.83 bits per heavy atom. The Kier molecular flexibility index (Phi) is 7.90. The molecule has 5 rings (SSSR count). The lowest BCUT2D eigenvalue weighted by molar-refractivity contribution is -0.384. The molecule has 2 atom stereocenters. The summed E-state index contributed by atoms with van der Waals surface area (Å²) in [6.45, 7) is 9.39. The molecule has 1 fully saturated rings. The van der Waals surface area contributed by atoms with Gasteiger partial charge in [0.25, 0.3) is 11.2 Å². The van der Waals surface area contributed by atoms with Crippen molar-refractivity contribution in [3.8, 4) is 11.5 Å². The lowest BCUT2D eigenvalue weighted by Gasteiger charge is -2.48. The lowest BCUT2D eigenvalue weighted by Crippen LogP contribution is -2.55. The number of aromatic nitrogens is 1. The van der Waals surface area contributed by atoms with Crippen LogP contribution in [0.4, 0.5) is 10.5 Å². The summed E-state index contributed by atoms with van der Waals surface area (Å²) >= 11 is 0. The van der Waals surface area contributed by atoms with Gasteiger partial charge in [-0.3, -0.25) is 19.8 Å². The standard InChI is InChI=1S/C30H36N4O7/c1-30(2,3)27-18-22(33(29(36)37)19-20-4-8-25-26(16-20)41-15-14-40-25)10-11-31(27)12-13-32-24-7-6-23(34(38)39)17-21(24)5-9-28(32)35/h4-9,16-17,22,27H,10-15,18-19H2,1-3H3,(H,36,37). The number of ether oxygens (including phenoxy) is 2. The van der Waals surface area contributed by atoms with E-state index < -0.39 is 11.0 Å². The smallest absolute Gasteiger partial charge is 0.407 e. The zero-order chi connectivity index (χ0) is 29.3. The third kappa shape index (κ3) is 6.14. The van der Waals surface area contributed by atoms with E-state index in [0.717, 1.165) is 5.56 Å². The van der Waals surface area contributed by atoms with E-state index in [-0.39, 0.29) is 35.3 Å². The van der Waals surface area contributed by atoms with Gasteiger partial charge in [-0.25, -0.2) is 4.79 Å². The molecule has 1 saturated heterocycles. The highest BCUT2D eigenvalue weighted by Gasteiger charge is 2.39.